The number of hydrogen-bond donors (Lipinski definition) is 2. The van der Waals surface area contributed by atoms with Gasteiger partial charge in [-0.1, -0.05) is 80.1 Å². The van der Waals surface area contributed by atoms with E-state index in [0.717, 1.165) is 16.5 Å². The average molecular weight is 536 g/mol. The molecule has 3 aromatic carbocycles. The van der Waals surface area contributed by atoms with Gasteiger partial charge >= 0.3 is 0 Å². The minimum atomic E-state index is -1.02. The summed E-state index contributed by atoms with van der Waals surface area (Å²) in [5.41, 5.74) is 3.79. The van der Waals surface area contributed by atoms with E-state index in [4.69, 9.17) is 5.10 Å². The lowest BCUT2D eigenvalue weighted by Gasteiger charge is -2.34. The van der Waals surface area contributed by atoms with Crippen LogP contribution in [0.1, 0.15) is 53.4 Å². The summed E-state index contributed by atoms with van der Waals surface area (Å²) in [6.45, 7) is 5.95. The SMILES string of the molecule is Cc1ccc(C2=NN(C(=O)[C@H](CC(C)C)NC(=O)c3ccccc3)[C@H](c3cn(C)c4ccccc34)C(=O)N2)cc1. The van der Waals surface area contributed by atoms with E-state index in [0.29, 0.717) is 23.1 Å². The second-order valence-corrected chi connectivity index (χ2v) is 10.6. The standard InChI is InChI=1S/C32H33N5O3/c1-20(2)18-26(33-30(38)23-10-6-5-7-11-23)32(40)37-28(25-19-36(4)27-13-9-8-12-24(25)27)31(39)34-29(35-37)22-16-14-21(3)15-17-22/h5-17,19-20,26,28H,18H2,1-4H3,(H,33,38)(H,34,35,39)/t26-,28+/m0/s1. The molecule has 40 heavy (non-hydrogen) atoms. The van der Waals surface area contributed by atoms with E-state index >= 15 is 0 Å². The molecule has 2 heterocycles. The molecule has 1 aliphatic rings. The Hall–Kier alpha value is -4.72. The van der Waals surface area contributed by atoms with Crippen molar-refractivity contribution in [1.29, 1.82) is 0 Å². The zero-order valence-electron chi connectivity index (χ0n) is 23.1. The van der Waals surface area contributed by atoms with Crippen molar-refractivity contribution in [2.24, 2.45) is 18.1 Å². The highest BCUT2D eigenvalue weighted by Gasteiger charge is 2.41. The van der Waals surface area contributed by atoms with Crippen molar-refractivity contribution in [3.8, 4) is 0 Å². The fraction of sp³-hybridized carbons (Fsp3) is 0.250. The molecule has 0 unspecified atom stereocenters. The van der Waals surface area contributed by atoms with Crippen LogP contribution in [0.25, 0.3) is 10.9 Å². The molecule has 4 aromatic rings. The third kappa shape index (κ3) is 5.38. The van der Waals surface area contributed by atoms with Gasteiger partial charge in [0.05, 0.1) is 0 Å². The number of hydrogen-bond acceptors (Lipinski definition) is 4. The van der Waals surface area contributed by atoms with E-state index in [1.54, 1.807) is 24.3 Å². The maximum atomic E-state index is 14.3. The van der Waals surface area contributed by atoms with Gasteiger partial charge in [0, 0.05) is 40.8 Å². The summed E-state index contributed by atoms with van der Waals surface area (Å²) in [6, 6.07) is 22.2. The Morgan fingerprint density at radius 1 is 0.975 bits per heavy atom. The molecule has 0 saturated carbocycles. The number of amidine groups is 1. The lowest BCUT2D eigenvalue weighted by molar-refractivity contribution is -0.143. The van der Waals surface area contributed by atoms with Crippen LogP contribution in [0.4, 0.5) is 0 Å². The third-order valence-corrected chi connectivity index (χ3v) is 7.06. The van der Waals surface area contributed by atoms with Gasteiger partial charge in [0.1, 0.15) is 6.04 Å². The fourth-order valence-electron chi connectivity index (χ4n) is 5.05. The van der Waals surface area contributed by atoms with Crippen LogP contribution in [0.15, 0.2) is 90.2 Å². The molecule has 5 rings (SSSR count). The van der Waals surface area contributed by atoms with E-state index in [1.165, 1.54) is 5.01 Å². The quantitative estimate of drug-likeness (QED) is 0.359. The number of rotatable bonds is 7. The molecule has 204 valence electrons. The van der Waals surface area contributed by atoms with E-state index in [1.807, 2.05) is 93.2 Å². The number of benzene rings is 3. The maximum Gasteiger partial charge on any atom is 0.266 e. The Labute approximate surface area is 233 Å². The van der Waals surface area contributed by atoms with Gasteiger partial charge in [0.2, 0.25) is 0 Å². The van der Waals surface area contributed by atoms with Crippen molar-refractivity contribution >= 4 is 34.5 Å². The van der Waals surface area contributed by atoms with Crippen LogP contribution in [0.5, 0.6) is 0 Å². The number of hydrazone groups is 1. The summed E-state index contributed by atoms with van der Waals surface area (Å²) >= 11 is 0. The largest absolute Gasteiger partial charge is 0.350 e. The lowest BCUT2D eigenvalue weighted by atomic mass is 9.99. The Morgan fingerprint density at radius 2 is 1.65 bits per heavy atom. The number of nitrogens with zero attached hydrogens (tertiary/aromatic N) is 3. The predicted octanol–water partition coefficient (Wildman–Crippen LogP) is 4.69. The van der Waals surface area contributed by atoms with Crippen molar-refractivity contribution in [2.75, 3.05) is 0 Å². The van der Waals surface area contributed by atoms with Gasteiger partial charge in [0.25, 0.3) is 17.7 Å². The van der Waals surface area contributed by atoms with Gasteiger partial charge in [-0.2, -0.15) is 5.10 Å². The van der Waals surface area contributed by atoms with Crippen LogP contribution in [-0.4, -0.2) is 39.2 Å². The second-order valence-electron chi connectivity index (χ2n) is 10.6. The summed E-state index contributed by atoms with van der Waals surface area (Å²) in [6.07, 6.45) is 2.24. The zero-order chi connectivity index (χ0) is 28.4. The molecular formula is C32H33N5O3. The van der Waals surface area contributed by atoms with Gasteiger partial charge in [-0.3, -0.25) is 14.4 Å². The van der Waals surface area contributed by atoms with Gasteiger partial charge in [-0.05, 0) is 37.5 Å². The van der Waals surface area contributed by atoms with Crippen molar-refractivity contribution in [3.05, 3.63) is 107 Å². The van der Waals surface area contributed by atoms with E-state index in [-0.39, 0.29) is 23.6 Å². The van der Waals surface area contributed by atoms with Crippen molar-refractivity contribution in [3.63, 3.8) is 0 Å². The summed E-state index contributed by atoms with van der Waals surface area (Å²) in [7, 11) is 1.90. The molecule has 2 N–H and O–H groups in total. The van der Waals surface area contributed by atoms with Crippen molar-refractivity contribution < 1.29 is 14.4 Å². The van der Waals surface area contributed by atoms with Crippen LogP contribution in [0, 0.1) is 12.8 Å². The Balaban J connectivity index is 1.60. The van der Waals surface area contributed by atoms with Crippen LogP contribution in [0.2, 0.25) is 0 Å². The van der Waals surface area contributed by atoms with Crippen LogP contribution >= 0.6 is 0 Å². The topological polar surface area (TPSA) is 95.8 Å². The highest BCUT2D eigenvalue weighted by Crippen LogP contribution is 2.33. The van der Waals surface area contributed by atoms with E-state index < -0.39 is 18.0 Å². The third-order valence-electron chi connectivity index (χ3n) is 7.06. The highest BCUT2D eigenvalue weighted by molar-refractivity contribution is 6.13. The zero-order valence-corrected chi connectivity index (χ0v) is 23.1. The summed E-state index contributed by atoms with van der Waals surface area (Å²) in [5.74, 6) is -0.790. The normalized spacial score (nSPS) is 16.0. The molecule has 0 radical (unpaired) electrons. The number of aromatic nitrogens is 1. The number of carbonyl (C=O) groups is 3. The first-order valence-corrected chi connectivity index (χ1v) is 13.4. The number of aryl methyl sites for hydroxylation is 2. The molecule has 0 fully saturated rings. The minimum absolute atomic E-state index is 0.0974. The first kappa shape index (κ1) is 26.9. The smallest absolute Gasteiger partial charge is 0.266 e. The molecule has 2 atom stereocenters. The molecule has 8 heteroatoms. The molecular weight excluding hydrogens is 502 g/mol. The fourth-order valence-corrected chi connectivity index (χ4v) is 5.05. The maximum absolute atomic E-state index is 14.3. The molecule has 3 amide bonds. The lowest BCUT2D eigenvalue weighted by Crippen LogP contribution is -2.55. The van der Waals surface area contributed by atoms with E-state index in [2.05, 4.69) is 10.6 Å². The number of carbonyl (C=O) groups excluding carboxylic acids is 3. The van der Waals surface area contributed by atoms with Crippen LogP contribution in [-0.2, 0) is 16.6 Å². The summed E-state index contributed by atoms with van der Waals surface area (Å²) < 4.78 is 1.93. The van der Waals surface area contributed by atoms with Crippen molar-refractivity contribution in [1.82, 2.24) is 20.2 Å². The van der Waals surface area contributed by atoms with Gasteiger partial charge < -0.3 is 15.2 Å². The Morgan fingerprint density at radius 3 is 2.35 bits per heavy atom. The van der Waals surface area contributed by atoms with Gasteiger partial charge in [-0.25, -0.2) is 5.01 Å². The number of fused-ring (bicyclic) bond motifs is 1. The Kier molecular flexibility index (Phi) is 7.51. The monoisotopic (exact) mass is 535 g/mol. The number of para-hydroxylation sites is 1. The Bertz CT molecular complexity index is 1590. The molecule has 8 nitrogen and oxygen atoms in total. The summed E-state index contributed by atoms with van der Waals surface area (Å²) in [5, 5.41) is 12.7. The molecule has 0 bridgehead atoms. The van der Waals surface area contributed by atoms with Gasteiger partial charge in [-0.15, -0.1) is 0 Å². The van der Waals surface area contributed by atoms with Crippen molar-refractivity contribution in [2.45, 2.75) is 39.3 Å². The van der Waals surface area contributed by atoms with Crippen LogP contribution < -0.4 is 10.6 Å². The molecule has 1 aliphatic heterocycles. The van der Waals surface area contributed by atoms with Gasteiger partial charge in [0.15, 0.2) is 11.9 Å². The highest BCUT2D eigenvalue weighted by atomic mass is 16.2. The minimum Gasteiger partial charge on any atom is -0.350 e. The summed E-state index contributed by atoms with van der Waals surface area (Å²) in [4.78, 5) is 41.3. The number of amides is 3. The van der Waals surface area contributed by atoms with Crippen LogP contribution in [0.3, 0.4) is 0 Å². The second kappa shape index (κ2) is 11.2. The molecule has 0 saturated heterocycles. The predicted molar refractivity (Wildman–Crippen MR) is 156 cm³/mol. The molecule has 1 aromatic heterocycles. The average Bonchev–Trinajstić information content (AvgIpc) is 3.28. The van der Waals surface area contributed by atoms with E-state index in [9.17, 15) is 14.4 Å². The first-order valence-electron chi connectivity index (χ1n) is 13.4. The first-order chi connectivity index (χ1) is 19.2. The number of nitrogens with one attached hydrogen (secondary N) is 2. The molecule has 0 aliphatic carbocycles. The molecule has 0 spiro atoms.